The summed E-state index contributed by atoms with van der Waals surface area (Å²) in [6, 6.07) is 0.268. The van der Waals surface area contributed by atoms with Gasteiger partial charge in [-0.25, -0.2) is 8.42 Å². The molecule has 1 rings (SSSR count). The number of sulfone groups is 1. The van der Waals surface area contributed by atoms with Gasteiger partial charge in [-0.1, -0.05) is 6.92 Å². The maximum atomic E-state index is 11.6. The van der Waals surface area contributed by atoms with Crippen LogP contribution in [0.15, 0.2) is 0 Å². The van der Waals surface area contributed by atoms with Gasteiger partial charge in [0, 0.05) is 18.1 Å². The van der Waals surface area contributed by atoms with Crippen LogP contribution < -0.4 is 5.32 Å². The smallest absolute Gasteiger partial charge is 0.151 e. The van der Waals surface area contributed by atoms with E-state index in [0.29, 0.717) is 18.7 Å². The zero-order valence-corrected chi connectivity index (χ0v) is 13.2. The van der Waals surface area contributed by atoms with Crippen molar-refractivity contribution in [2.45, 2.75) is 45.2 Å². The van der Waals surface area contributed by atoms with Crippen LogP contribution in [0.3, 0.4) is 0 Å². The molecule has 1 aliphatic rings. The van der Waals surface area contributed by atoms with Crippen LogP contribution in [0, 0.1) is 0 Å². The van der Waals surface area contributed by atoms with Gasteiger partial charge in [0.15, 0.2) is 9.84 Å². The van der Waals surface area contributed by atoms with E-state index >= 15 is 0 Å². The third-order valence-corrected chi connectivity index (χ3v) is 5.63. The molecule has 0 aromatic heterocycles. The van der Waals surface area contributed by atoms with Crippen LogP contribution in [-0.2, 0) is 9.84 Å². The molecule has 19 heavy (non-hydrogen) atoms. The highest BCUT2D eigenvalue weighted by atomic mass is 32.2. The Kier molecular flexibility index (Phi) is 6.23. The molecule has 2 atom stereocenters. The monoisotopic (exact) mass is 292 g/mol. The van der Waals surface area contributed by atoms with E-state index in [0.717, 1.165) is 19.5 Å². The molecular formula is C13H28N2O3S. The summed E-state index contributed by atoms with van der Waals surface area (Å²) >= 11 is 0. The van der Waals surface area contributed by atoms with Gasteiger partial charge in [-0.2, -0.15) is 0 Å². The van der Waals surface area contributed by atoms with Crippen molar-refractivity contribution in [3.63, 3.8) is 0 Å². The molecule has 0 amide bonds. The average molecular weight is 292 g/mol. The van der Waals surface area contributed by atoms with E-state index in [-0.39, 0.29) is 23.9 Å². The summed E-state index contributed by atoms with van der Waals surface area (Å²) < 4.78 is 23.2. The first kappa shape index (κ1) is 16.9. The summed E-state index contributed by atoms with van der Waals surface area (Å²) in [5.74, 6) is 0.565. The van der Waals surface area contributed by atoms with E-state index in [4.69, 9.17) is 0 Å². The molecule has 1 aliphatic heterocycles. The van der Waals surface area contributed by atoms with Crippen molar-refractivity contribution < 1.29 is 13.5 Å². The first-order valence-corrected chi connectivity index (χ1v) is 8.94. The van der Waals surface area contributed by atoms with Crippen molar-refractivity contribution in [2.75, 3.05) is 37.7 Å². The number of nitrogens with one attached hydrogen (secondary N) is 1. The second-order valence-corrected chi connectivity index (χ2v) is 8.15. The van der Waals surface area contributed by atoms with Gasteiger partial charge in [0.1, 0.15) is 0 Å². The summed E-state index contributed by atoms with van der Waals surface area (Å²) in [7, 11) is -2.85. The summed E-state index contributed by atoms with van der Waals surface area (Å²) in [4.78, 5) is 2.23. The van der Waals surface area contributed by atoms with Crippen LogP contribution in [0.1, 0.15) is 33.6 Å². The Labute approximate surface area is 117 Å². The molecule has 0 aromatic rings. The standard InChI is InChI=1S/C13H28N2O3S/c1-4-14-13(3,11-16)10-12(2)15-6-5-8-19(17,18)9-7-15/h12,14,16H,4-11H2,1-3H3. The second kappa shape index (κ2) is 7.02. The quantitative estimate of drug-likeness (QED) is 0.734. The Morgan fingerprint density at radius 3 is 2.63 bits per heavy atom. The maximum absolute atomic E-state index is 11.6. The van der Waals surface area contributed by atoms with Crippen LogP contribution >= 0.6 is 0 Å². The Morgan fingerprint density at radius 1 is 1.37 bits per heavy atom. The van der Waals surface area contributed by atoms with Crippen molar-refractivity contribution >= 4 is 9.84 Å². The molecular weight excluding hydrogens is 264 g/mol. The zero-order valence-electron chi connectivity index (χ0n) is 12.4. The van der Waals surface area contributed by atoms with Gasteiger partial charge < -0.3 is 10.4 Å². The third kappa shape index (κ3) is 5.38. The first-order valence-electron chi connectivity index (χ1n) is 7.12. The first-order chi connectivity index (χ1) is 8.82. The highest BCUT2D eigenvalue weighted by Gasteiger charge is 2.29. The van der Waals surface area contributed by atoms with Gasteiger partial charge in [-0.05, 0) is 39.8 Å². The van der Waals surface area contributed by atoms with Crippen molar-refractivity contribution in [3.05, 3.63) is 0 Å². The molecule has 0 radical (unpaired) electrons. The van der Waals surface area contributed by atoms with E-state index in [1.54, 1.807) is 0 Å². The Hall–Kier alpha value is -0.170. The third-order valence-electron chi connectivity index (χ3n) is 3.91. The number of hydrogen-bond acceptors (Lipinski definition) is 5. The fourth-order valence-electron chi connectivity index (χ4n) is 2.80. The minimum atomic E-state index is -2.85. The van der Waals surface area contributed by atoms with Gasteiger partial charge in [-0.3, -0.25) is 4.90 Å². The van der Waals surface area contributed by atoms with Crippen molar-refractivity contribution in [2.24, 2.45) is 0 Å². The average Bonchev–Trinajstić information content (AvgIpc) is 2.50. The molecule has 0 aromatic carbocycles. The van der Waals surface area contributed by atoms with Crippen LogP contribution in [0.4, 0.5) is 0 Å². The fourth-order valence-corrected chi connectivity index (χ4v) is 4.08. The SMILES string of the molecule is CCNC(C)(CO)CC(C)N1CCCS(=O)(=O)CC1. The molecule has 0 spiro atoms. The predicted octanol–water partition coefficient (Wildman–Crippen LogP) is 0.246. The molecule has 6 heteroatoms. The fraction of sp³-hybridized carbons (Fsp3) is 1.00. The lowest BCUT2D eigenvalue weighted by Gasteiger charge is -2.36. The summed E-state index contributed by atoms with van der Waals surface area (Å²) in [5.41, 5.74) is -0.292. The topological polar surface area (TPSA) is 69.6 Å². The van der Waals surface area contributed by atoms with Gasteiger partial charge in [-0.15, -0.1) is 0 Å². The molecule has 5 nitrogen and oxygen atoms in total. The molecule has 0 aliphatic carbocycles. The summed E-state index contributed by atoms with van der Waals surface area (Å²) in [6.07, 6.45) is 1.53. The molecule has 2 unspecified atom stereocenters. The van der Waals surface area contributed by atoms with Crippen LogP contribution in [0.25, 0.3) is 0 Å². The van der Waals surface area contributed by atoms with Crippen molar-refractivity contribution in [1.82, 2.24) is 10.2 Å². The van der Waals surface area contributed by atoms with Gasteiger partial charge in [0.2, 0.25) is 0 Å². The van der Waals surface area contributed by atoms with E-state index < -0.39 is 9.84 Å². The molecule has 2 N–H and O–H groups in total. The number of likely N-dealkylation sites (N-methyl/N-ethyl adjacent to an activating group) is 1. The second-order valence-electron chi connectivity index (χ2n) is 5.84. The van der Waals surface area contributed by atoms with Crippen molar-refractivity contribution in [3.8, 4) is 0 Å². The van der Waals surface area contributed by atoms with Gasteiger partial charge in [0.25, 0.3) is 0 Å². The van der Waals surface area contributed by atoms with E-state index in [1.807, 2.05) is 13.8 Å². The number of aliphatic hydroxyl groups is 1. The minimum Gasteiger partial charge on any atom is -0.394 e. The molecule has 1 saturated heterocycles. The number of aliphatic hydroxyl groups excluding tert-OH is 1. The Balaban J connectivity index is 2.59. The molecule has 1 heterocycles. The van der Waals surface area contributed by atoms with Crippen molar-refractivity contribution in [1.29, 1.82) is 0 Å². The lowest BCUT2D eigenvalue weighted by atomic mass is 9.93. The normalized spacial score (nSPS) is 25.5. The number of rotatable bonds is 6. The molecule has 0 saturated carbocycles. The highest BCUT2D eigenvalue weighted by molar-refractivity contribution is 7.91. The van der Waals surface area contributed by atoms with Gasteiger partial charge >= 0.3 is 0 Å². The van der Waals surface area contributed by atoms with Crippen LogP contribution in [-0.4, -0.2) is 67.8 Å². The molecule has 0 bridgehead atoms. The summed E-state index contributed by atoms with van der Waals surface area (Å²) in [5, 5.41) is 12.8. The number of nitrogens with zero attached hydrogens (tertiary/aromatic N) is 1. The van der Waals surface area contributed by atoms with E-state index in [2.05, 4.69) is 17.1 Å². The summed E-state index contributed by atoms with van der Waals surface area (Å²) in [6.45, 7) is 8.50. The van der Waals surface area contributed by atoms with Crippen LogP contribution in [0.2, 0.25) is 0 Å². The maximum Gasteiger partial charge on any atom is 0.151 e. The zero-order chi connectivity index (χ0) is 14.5. The Bertz CT molecular complexity index is 372. The largest absolute Gasteiger partial charge is 0.394 e. The predicted molar refractivity (Wildman–Crippen MR) is 78.1 cm³/mol. The lowest BCUT2D eigenvalue weighted by molar-refractivity contribution is 0.119. The van der Waals surface area contributed by atoms with E-state index in [9.17, 15) is 13.5 Å². The minimum absolute atomic E-state index is 0.0946. The van der Waals surface area contributed by atoms with E-state index in [1.165, 1.54) is 0 Å². The lowest BCUT2D eigenvalue weighted by Crippen LogP contribution is -2.51. The molecule has 114 valence electrons. The highest BCUT2D eigenvalue weighted by Crippen LogP contribution is 2.18. The number of hydrogen-bond donors (Lipinski definition) is 2. The molecule has 1 fully saturated rings. The Morgan fingerprint density at radius 2 is 2.05 bits per heavy atom. The van der Waals surface area contributed by atoms with Crippen LogP contribution in [0.5, 0.6) is 0 Å². The van der Waals surface area contributed by atoms with Gasteiger partial charge in [0.05, 0.1) is 18.1 Å².